The van der Waals surface area contributed by atoms with Crippen molar-refractivity contribution in [3.63, 3.8) is 0 Å². The Morgan fingerprint density at radius 3 is 3.25 bits per heavy atom. The molecule has 0 radical (unpaired) electrons. The summed E-state index contributed by atoms with van der Waals surface area (Å²) in [7, 11) is 0. The quantitative estimate of drug-likeness (QED) is 0.632. The normalized spacial score (nSPS) is 15.1. The van der Waals surface area contributed by atoms with E-state index in [-0.39, 0.29) is 28.3 Å². The fourth-order valence-corrected chi connectivity index (χ4v) is 0.939. The molecule has 2 rings (SSSR count). The Hall–Kier alpha value is -1.35. The van der Waals surface area contributed by atoms with E-state index in [1.807, 2.05) is 0 Å². The molecule has 12 heavy (non-hydrogen) atoms. The predicted molar refractivity (Wildman–Crippen MR) is 47.4 cm³/mol. The number of nitrogens with zero attached hydrogens (tertiary/aromatic N) is 1. The maximum Gasteiger partial charge on any atom is 0.248 e. The summed E-state index contributed by atoms with van der Waals surface area (Å²) in [6.45, 7) is 0. The maximum absolute atomic E-state index is 11.3. The molecule has 0 bridgehead atoms. The van der Waals surface area contributed by atoms with E-state index in [0.717, 1.165) is 0 Å². The van der Waals surface area contributed by atoms with Gasteiger partial charge in [0.25, 0.3) is 0 Å². The molecule has 0 saturated heterocycles. The van der Waals surface area contributed by atoms with E-state index in [1.54, 1.807) is 0 Å². The zero-order valence-corrected chi connectivity index (χ0v) is 6.49. The van der Waals surface area contributed by atoms with E-state index in [9.17, 15) is 4.79 Å². The highest BCUT2D eigenvalue weighted by atomic mass is 35.5. The van der Waals surface area contributed by atoms with E-state index >= 15 is 0 Å². The van der Waals surface area contributed by atoms with Crippen LogP contribution in [0.4, 0.5) is 0 Å². The number of rotatable bonds is 0. The molecule has 0 aliphatic carbocycles. The third kappa shape index (κ3) is 1.19. The minimum atomic E-state index is -0.785. The Balaban J connectivity index is 3.13. The summed E-state index contributed by atoms with van der Waals surface area (Å²) in [6, 6.07) is -1.22. The van der Waals surface area contributed by atoms with E-state index in [2.05, 4.69) is 9.97 Å². The fourth-order valence-electron chi connectivity index (χ4n) is 0.803. The van der Waals surface area contributed by atoms with Crippen molar-refractivity contribution in [2.24, 2.45) is 0 Å². The van der Waals surface area contributed by atoms with Crippen LogP contribution in [0, 0.1) is 0 Å². The molecule has 2 aromatic rings. The molecule has 0 aliphatic rings. The van der Waals surface area contributed by atoms with Gasteiger partial charge in [0.15, 0.2) is 0 Å². The van der Waals surface area contributed by atoms with Crippen molar-refractivity contribution in [1.29, 1.82) is 0 Å². The first-order chi connectivity index (χ1) is 7.43. The van der Waals surface area contributed by atoms with Crippen molar-refractivity contribution >= 4 is 22.5 Å². The Kier molecular flexibility index (Phi) is 0.879. The van der Waals surface area contributed by atoms with Crippen LogP contribution < -0.4 is 5.56 Å². The van der Waals surface area contributed by atoms with Gasteiger partial charge in [-0.15, -0.1) is 0 Å². The van der Waals surface area contributed by atoms with E-state index in [1.165, 1.54) is 0 Å². The van der Waals surface area contributed by atoms with Crippen LogP contribution in [-0.4, -0.2) is 9.97 Å². The molecule has 0 saturated carbocycles. The molecule has 0 atom stereocenters. The van der Waals surface area contributed by atoms with Gasteiger partial charge in [-0.05, 0) is 12.1 Å². The molecule has 2 aromatic heterocycles. The fraction of sp³-hybridized carbons (Fsp3) is 0. The zero-order valence-electron chi connectivity index (χ0n) is 9.73. The van der Waals surface area contributed by atoms with Crippen LogP contribution in [0.3, 0.4) is 0 Å². The van der Waals surface area contributed by atoms with Crippen LogP contribution in [0.15, 0.2) is 29.1 Å². The monoisotopic (exact) mass is 184 g/mol. The summed E-state index contributed by atoms with van der Waals surface area (Å²) in [6.07, 6.45) is -0.328. The smallest absolute Gasteiger partial charge is 0.248 e. The van der Waals surface area contributed by atoms with Gasteiger partial charge in [0.1, 0.15) is 5.15 Å². The minimum Gasteiger partial charge on any atom is -0.322 e. The summed E-state index contributed by atoms with van der Waals surface area (Å²) in [5.41, 5.74) is -0.816. The average Bonchev–Trinajstić information content (AvgIpc) is 2.22. The molecule has 0 spiro atoms. The van der Waals surface area contributed by atoms with Crippen LogP contribution in [0.2, 0.25) is 5.15 Å². The lowest BCUT2D eigenvalue weighted by atomic mass is 10.3. The molecule has 0 aliphatic heterocycles. The second-order valence-corrected chi connectivity index (χ2v) is 2.45. The Bertz CT molecular complexity index is 655. The molecule has 2 heterocycles. The predicted octanol–water partition coefficient (Wildman–Crippen LogP) is 1.58. The van der Waals surface area contributed by atoms with Gasteiger partial charge in [0.05, 0.1) is 11.0 Å². The Morgan fingerprint density at radius 2 is 2.42 bits per heavy atom. The van der Waals surface area contributed by atoms with Gasteiger partial charge in [-0.1, -0.05) is 11.6 Å². The Morgan fingerprint density at radius 1 is 1.58 bits per heavy atom. The molecular weight excluding hydrogens is 176 g/mol. The topological polar surface area (TPSA) is 45.8 Å². The minimum absolute atomic E-state index is 0.0315. The first-order valence-corrected chi connectivity index (χ1v) is 3.47. The molecule has 0 amide bonds. The number of hydrogen-bond donors (Lipinski definition) is 1. The third-order valence-corrected chi connectivity index (χ3v) is 1.46. The van der Waals surface area contributed by atoms with E-state index in [4.69, 9.17) is 17.1 Å². The van der Waals surface area contributed by atoms with Crippen LogP contribution in [0.5, 0.6) is 0 Å². The number of aromatic amines is 1. The highest BCUT2D eigenvalue weighted by Gasteiger charge is 1.95. The summed E-state index contributed by atoms with van der Waals surface area (Å²) < 4.78 is 29.9. The zero-order chi connectivity index (χ0) is 12.0. The van der Waals surface area contributed by atoms with Gasteiger partial charge in [-0.2, -0.15) is 0 Å². The number of fused-ring (bicyclic) bond motifs is 1. The summed E-state index contributed by atoms with van der Waals surface area (Å²) >= 11 is 5.59. The molecule has 60 valence electrons. The molecular formula is C8H5ClN2O. The van der Waals surface area contributed by atoms with Crippen molar-refractivity contribution in [3.8, 4) is 0 Å². The van der Waals surface area contributed by atoms with Crippen molar-refractivity contribution in [2.75, 3.05) is 0 Å². The van der Waals surface area contributed by atoms with Gasteiger partial charge in [-0.3, -0.25) is 4.79 Å². The van der Waals surface area contributed by atoms with Gasteiger partial charge in [0.2, 0.25) is 5.56 Å². The van der Waals surface area contributed by atoms with Crippen LogP contribution in [0.1, 0.15) is 5.48 Å². The first kappa shape index (κ1) is 4.05. The number of halogens is 1. The molecule has 3 nitrogen and oxygen atoms in total. The number of pyridine rings is 2. The van der Waals surface area contributed by atoms with Gasteiger partial charge >= 0.3 is 0 Å². The van der Waals surface area contributed by atoms with Crippen molar-refractivity contribution in [1.82, 2.24) is 9.97 Å². The standard InChI is InChI=1S/C8H5ClN2O/c9-7-3-6-5(4-10-7)1-2-8(12)11-6/h1-4H,(H,11,12)/i1D,2D,3D,4D. The van der Waals surface area contributed by atoms with Crippen molar-refractivity contribution < 1.29 is 5.48 Å². The van der Waals surface area contributed by atoms with Crippen LogP contribution in [0.25, 0.3) is 10.9 Å². The van der Waals surface area contributed by atoms with Crippen LogP contribution >= 0.6 is 11.6 Å². The summed E-state index contributed by atoms with van der Waals surface area (Å²) in [4.78, 5) is 17.1. The van der Waals surface area contributed by atoms with E-state index < -0.39 is 17.6 Å². The molecule has 0 unspecified atom stereocenters. The molecule has 0 aromatic carbocycles. The second kappa shape index (κ2) is 2.60. The first-order valence-electron chi connectivity index (χ1n) is 5.09. The number of nitrogens with one attached hydrogen (secondary N) is 1. The number of hydrogen-bond acceptors (Lipinski definition) is 2. The highest BCUT2D eigenvalue weighted by molar-refractivity contribution is 6.29. The highest BCUT2D eigenvalue weighted by Crippen LogP contribution is 2.11. The van der Waals surface area contributed by atoms with Crippen LogP contribution in [-0.2, 0) is 0 Å². The average molecular weight is 185 g/mol. The van der Waals surface area contributed by atoms with E-state index in [0.29, 0.717) is 0 Å². The maximum atomic E-state index is 11.3. The van der Waals surface area contributed by atoms with Gasteiger partial charge in [0, 0.05) is 17.6 Å². The Labute approximate surface area is 78.6 Å². The molecule has 1 N–H and O–H groups in total. The molecule has 4 heteroatoms. The van der Waals surface area contributed by atoms with Crippen molar-refractivity contribution in [3.05, 3.63) is 39.8 Å². The lowest BCUT2D eigenvalue weighted by Gasteiger charge is -1.95. The third-order valence-electron chi connectivity index (χ3n) is 1.28. The largest absolute Gasteiger partial charge is 0.322 e. The molecule has 0 fully saturated rings. The summed E-state index contributed by atoms with van der Waals surface area (Å²) in [5.74, 6) is 0. The summed E-state index contributed by atoms with van der Waals surface area (Å²) in [5, 5.41) is -0.260. The SMILES string of the molecule is [2H]c1c([2H])c2c([2H])nc(Cl)c([2H])c2[nH]c1=O. The lowest BCUT2D eigenvalue weighted by Crippen LogP contribution is -2.02. The number of aromatic nitrogens is 2. The lowest BCUT2D eigenvalue weighted by molar-refractivity contribution is 1.28. The van der Waals surface area contributed by atoms with Gasteiger partial charge in [-0.25, -0.2) is 4.98 Å². The van der Waals surface area contributed by atoms with Crippen molar-refractivity contribution in [2.45, 2.75) is 0 Å². The van der Waals surface area contributed by atoms with Gasteiger partial charge < -0.3 is 4.98 Å². The second-order valence-electron chi connectivity index (χ2n) is 2.09. The number of H-pyrrole nitrogens is 1.